The van der Waals surface area contributed by atoms with E-state index < -0.39 is 0 Å². The summed E-state index contributed by atoms with van der Waals surface area (Å²) >= 11 is 0. The second-order valence-electron chi connectivity index (χ2n) is 6.06. The molecule has 1 aromatic heterocycles. The third-order valence-corrected chi connectivity index (χ3v) is 4.57. The van der Waals surface area contributed by atoms with E-state index in [2.05, 4.69) is 42.2 Å². The number of hydrogen-bond donors (Lipinski definition) is 0. The number of benzene rings is 3. The molecule has 0 bridgehead atoms. The van der Waals surface area contributed by atoms with Gasteiger partial charge in [-0.15, -0.1) is 0 Å². The number of nitriles is 1. The molecule has 0 unspecified atom stereocenters. The largest absolute Gasteiger partial charge is 0.254 e. The van der Waals surface area contributed by atoms with Gasteiger partial charge < -0.3 is 0 Å². The fourth-order valence-electron chi connectivity index (χ4n) is 3.24. The fraction of sp³-hybridized carbons (Fsp3) is 0.0435. The molecule has 25 heavy (non-hydrogen) atoms. The Balaban J connectivity index is 1.89. The lowest BCUT2D eigenvalue weighted by Gasteiger charge is -2.11. The number of hydrogen-bond acceptors (Lipinski definition) is 2. The Morgan fingerprint density at radius 1 is 0.840 bits per heavy atom. The van der Waals surface area contributed by atoms with Gasteiger partial charge >= 0.3 is 0 Å². The van der Waals surface area contributed by atoms with Crippen molar-refractivity contribution in [2.75, 3.05) is 0 Å². The third-order valence-electron chi connectivity index (χ3n) is 4.57. The quantitative estimate of drug-likeness (QED) is 0.471. The lowest BCUT2D eigenvalue weighted by atomic mass is 9.95. The molecule has 0 aliphatic heterocycles. The van der Waals surface area contributed by atoms with Gasteiger partial charge in [0.1, 0.15) is 6.07 Å². The summed E-state index contributed by atoms with van der Waals surface area (Å²) in [5.41, 5.74) is 5.52. The number of aromatic nitrogens is 1. The predicted octanol–water partition coefficient (Wildman–Crippen LogP) is 5.75. The SMILES string of the molecule is Cc1c(-c2ncc(-c3ccccc3)cc2C#N)ccc2ccccc12. The van der Waals surface area contributed by atoms with Crippen molar-refractivity contribution in [1.29, 1.82) is 5.26 Å². The van der Waals surface area contributed by atoms with Crippen LogP contribution in [-0.4, -0.2) is 4.98 Å². The summed E-state index contributed by atoms with van der Waals surface area (Å²) < 4.78 is 0. The van der Waals surface area contributed by atoms with Crippen molar-refractivity contribution >= 4 is 10.8 Å². The van der Waals surface area contributed by atoms with Crippen LogP contribution in [0.3, 0.4) is 0 Å². The van der Waals surface area contributed by atoms with E-state index in [1.165, 1.54) is 10.8 Å². The van der Waals surface area contributed by atoms with Crippen LogP contribution in [0.2, 0.25) is 0 Å². The van der Waals surface area contributed by atoms with Gasteiger partial charge in [-0.3, -0.25) is 4.98 Å². The molecule has 0 fully saturated rings. The number of fused-ring (bicyclic) bond motifs is 1. The Labute approximate surface area is 147 Å². The molecule has 2 heteroatoms. The van der Waals surface area contributed by atoms with E-state index >= 15 is 0 Å². The van der Waals surface area contributed by atoms with E-state index in [9.17, 15) is 5.26 Å². The first-order chi connectivity index (χ1) is 12.3. The molecule has 3 aromatic carbocycles. The highest BCUT2D eigenvalue weighted by molar-refractivity contribution is 5.91. The van der Waals surface area contributed by atoms with E-state index in [0.717, 1.165) is 27.9 Å². The summed E-state index contributed by atoms with van der Waals surface area (Å²) in [6.45, 7) is 2.09. The average molecular weight is 320 g/mol. The topological polar surface area (TPSA) is 36.7 Å². The van der Waals surface area contributed by atoms with E-state index in [1.807, 2.05) is 54.7 Å². The minimum Gasteiger partial charge on any atom is -0.254 e. The van der Waals surface area contributed by atoms with Gasteiger partial charge in [-0.25, -0.2) is 0 Å². The molecular formula is C23H16N2. The predicted molar refractivity (Wildman–Crippen MR) is 102 cm³/mol. The first kappa shape index (κ1) is 15.1. The standard InChI is InChI=1S/C23H16N2/c1-16-21-10-6-5-9-18(21)11-12-22(16)23-19(14-24)13-20(15-25-23)17-7-3-2-4-8-17/h2-13,15H,1H3. The number of nitrogens with zero attached hydrogens (tertiary/aromatic N) is 2. The van der Waals surface area contributed by atoms with Crippen LogP contribution in [0.1, 0.15) is 11.1 Å². The van der Waals surface area contributed by atoms with Gasteiger partial charge in [0.25, 0.3) is 0 Å². The average Bonchev–Trinajstić information content (AvgIpc) is 2.69. The molecule has 2 nitrogen and oxygen atoms in total. The summed E-state index contributed by atoms with van der Waals surface area (Å²) in [5.74, 6) is 0. The van der Waals surface area contributed by atoms with Crippen LogP contribution in [0.4, 0.5) is 0 Å². The highest BCUT2D eigenvalue weighted by Gasteiger charge is 2.12. The molecule has 0 saturated carbocycles. The number of aryl methyl sites for hydroxylation is 1. The van der Waals surface area contributed by atoms with E-state index in [4.69, 9.17) is 0 Å². The molecule has 0 N–H and O–H groups in total. The maximum Gasteiger partial charge on any atom is 0.101 e. The van der Waals surface area contributed by atoms with Gasteiger partial charge in [-0.1, -0.05) is 66.7 Å². The van der Waals surface area contributed by atoms with Crippen LogP contribution >= 0.6 is 0 Å². The van der Waals surface area contributed by atoms with Gasteiger partial charge in [0.15, 0.2) is 0 Å². The molecule has 118 valence electrons. The van der Waals surface area contributed by atoms with E-state index in [1.54, 1.807) is 0 Å². The molecule has 4 aromatic rings. The highest BCUT2D eigenvalue weighted by atomic mass is 14.7. The van der Waals surface area contributed by atoms with Crippen LogP contribution < -0.4 is 0 Å². The van der Waals surface area contributed by atoms with E-state index in [0.29, 0.717) is 5.56 Å². The second-order valence-corrected chi connectivity index (χ2v) is 6.06. The van der Waals surface area contributed by atoms with Crippen molar-refractivity contribution in [2.24, 2.45) is 0 Å². The molecule has 4 rings (SSSR count). The van der Waals surface area contributed by atoms with Crippen molar-refractivity contribution in [1.82, 2.24) is 4.98 Å². The summed E-state index contributed by atoms with van der Waals surface area (Å²) in [5, 5.41) is 12.1. The summed E-state index contributed by atoms with van der Waals surface area (Å²) in [6.07, 6.45) is 1.85. The Hall–Kier alpha value is -3.44. The van der Waals surface area contributed by atoms with E-state index in [-0.39, 0.29) is 0 Å². The second kappa shape index (κ2) is 6.22. The van der Waals surface area contributed by atoms with Crippen molar-refractivity contribution in [3.63, 3.8) is 0 Å². The van der Waals surface area contributed by atoms with Crippen LogP contribution in [-0.2, 0) is 0 Å². The minimum absolute atomic E-state index is 0.597. The van der Waals surface area contributed by atoms with Gasteiger partial charge in [0, 0.05) is 17.3 Å². The van der Waals surface area contributed by atoms with Crippen molar-refractivity contribution in [3.05, 3.63) is 90.1 Å². The number of pyridine rings is 1. The lowest BCUT2D eigenvalue weighted by Crippen LogP contribution is -1.94. The minimum atomic E-state index is 0.597. The smallest absolute Gasteiger partial charge is 0.101 e. The maximum absolute atomic E-state index is 9.67. The summed E-state index contributed by atoms with van der Waals surface area (Å²) in [4.78, 5) is 4.64. The maximum atomic E-state index is 9.67. The molecule has 0 spiro atoms. The first-order valence-electron chi connectivity index (χ1n) is 8.22. The van der Waals surface area contributed by atoms with Crippen LogP contribution in [0.15, 0.2) is 79.0 Å². The summed E-state index contributed by atoms with van der Waals surface area (Å²) in [7, 11) is 0. The summed E-state index contributed by atoms with van der Waals surface area (Å²) in [6, 6.07) is 26.7. The molecule has 0 aliphatic rings. The van der Waals surface area contributed by atoms with Crippen LogP contribution in [0, 0.1) is 18.3 Å². The molecular weight excluding hydrogens is 304 g/mol. The molecule has 0 radical (unpaired) electrons. The first-order valence-corrected chi connectivity index (χ1v) is 8.22. The monoisotopic (exact) mass is 320 g/mol. The zero-order valence-corrected chi connectivity index (χ0v) is 13.9. The fourth-order valence-corrected chi connectivity index (χ4v) is 3.24. The molecule has 1 heterocycles. The molecule has 0 atom stereocenters. The van der Waals surface area contributed by atoms with Crippen molar-refractivity contribution < 1.29 is 0 Å². The van der Waals surface area contributed by atoms with Gasteiger partial charge in [0.2, 0.25) is 0 Å². The van der Waals surface area contributed by atoms with Crippen molar-refractivity contribution in [2.45, 2.75) is 6.92 Å². The zero-order chi connectivity index (χ0) is 17.2. The Bertz CT molecular complexity index is 1110. The Morgan fingerprint density at radius 3 is 2.40 bits per heavy atom. The van der Waals surface area contributed by atoms with Gasteiger partial charge in [0.05, 0.1) is 11.3 Å². The van der Waals surface area contributed by atoms with Gasteiger partial charge in [-0.05, 0) is 34.9 Å². The normalized spacial score (nSPS) is 10.6. The van der Waals surface area contributed by atoms with Crippen LogP contribution in [0.5, 0.6) is 0 Å². The lowest BCUT2D eigenvalue weighted by molar-refractivity contribution is 1.29. The van der Waals surface area contributed by atoms with Crippen molar-refractivity contribution in [3.8, 4) is 28.5 Å². The number of rotatable bonds is 2. The Kier molecular flexibility index (Phi) is 3.76. The zero-order valence-electron chi connectivity index (χ0n) is 13.9. The molecule has 0 aliphatic carbocycles. The molecule has 0 amide bonds. The Morgan fingerprint density at radius 2 is 1.60 bits per heavy atom. The van der Waals surface area contributed by atoms with Crippen LogP contribution in [0.25, 0.3) is 33.2 Å². The van der Waals surface area contributed by atoms with Gasteiger partial charge in [-0.2, -0.15) is 5.26 Å². The molecule has 0 saturated heterocycles. The third kappa shape index (κ3) is 2.66. The highest BCUT2D eigenvalue weighted by Crippen LogP contribution is 2.32.